The number of hydrogen-bond acceptors (Lipinski definition) is 4. The van der Waals surface area contributed by atoms with Crippen LogP contribution in [-0.4, -0.2) is 53.6 Å². The Balaban J connectivity index is 0.000000336. The lowest BCUT2D eigenvalue weighted by Gasteiger charge is -2.25. The quantitative estimate of drug-likeness (QED) is 0.542. The Bertz CT molecular complexity index is 285. The summed E-state index contributed by atoms with van der Waals surface area (Å²) in [5, 5.41) is 8.61. The molecule has 0 aromatic carbocycles. The zero-order chi connectivity index (χ0) is 12.1. The van der Waals surface area contributed by atoms with Gasteiger partial charge in [0.25, 0.3) is 0 Å². The summed E-state index contributed by atoms with van der Waals surface area (Å²) in [6.45, 7) is 1.86. The van der Waals surface area contributed by atoms with E-state index in [1.165, 1.54) is 0 Å². The number of likely N-dealkylation sites (tertiary alicyclic amines) is 1. The van der Waals surface area contributed by atoms with Crippen molar-refractivity contribution in [2.45, 2.75) is 12.8 Å². The first-order valence-electron chi connectivity index (χ1n) is 4.31. The average Bonchev–Trinajstić information content (AvgIpc) is 2.01. The third kappa shape index (κ3) is 9.60. The van der Waals surface area contributed by atoms with Crippen LogP contribution < -0.4 is 0 Å². The number of carboxylic acid groups (broad SMARTS) is 1. The molecule has 0 aliphatic carbocycles. The fraction of sp³-hybridized carbons (Fsp3) is 0.857. The summed E-state index contributed by atoms with van der Waals surface area (Å²) in [5.41, 5.74) is 0. The van der Waals surface area contributed by atoms with Gasteiger partial charge in [0.05, 0.1) is 5.92 Å². The molecule has 0 aromatic heterocycles. The first kappa shape index (κ1) is 14.3. The van der Waals surface area contributed by atoms with Crippen LogP contribution >= 0.6 is 0 Å². The highest BCUT2D eigenvalue weighted by Crippen LogP contribution is 2.15. The fourth-order valence-electron chi connectivity index (χ4n) is 1.26. The second-order valence-corrected chi connectivity index (χ2v) is 4.26. The van der Waals surface area contributed by atoms with Crippen LogP contribution in [0.1, 0.15) is 12.8 Å². The zero-order valence-corrected chi connectivity index (χ0v) is 9.14. The van der Waals surface area contributed by atoms with E-state index in [9.17, 15) is 4.79 Å². The Morgan fingerprint density at radius 1 is 1.27 bits per heavy atom. The van der Waals surface area contributed by atoms with Gasteiger partial charge in [-0.2, -0.15) is 8.42 Å². The SMILES string of the molecule is CN1CCC(C(=O)O)CC1.O=S(=O)(O)O. The summed E-state index contributed by atoms with van der Waals surface area (Å²) < 4.78 is 31.6. The molecule has 0 bridgehead atoms. The number of carboxylic acids is 1. The molecular formula is C7H15NO6S. The molecule has 1 heterocycles. The van der Waals surface area contributed by atoms with E-state index in [1.54, 1.807) is 0 Å². The summed E-state index contributed by atoms with van der Waals surface area (Å²) >= 11 is 0. The molecule has 1 aliphatic heterocycles. The molecule has 1 rings (SSSR count). The first-order valence-corrected chi connectivity index (χ1v) is 5.71. The van der Waals surface area contributed by atoms with Crippen molar-refractivity contribution >= 4 is 16.4 Å². The number of piperidine rings is 1. The van der Waals surface area contributed by atoms with Crippen molar-refractivity contribution in [3.05, 3.63) is 0 Å². The van der Waals surface area contributed by atoms with Gasteiger partial charge in [-0.25, -0.2) is 0 Å². The molecule has 0 atom stereocenters. The average molecular weight is 241 g/mol. The molecule has 0 saturated carbocycles. The first-order chi connectivity index (χ1) is 6.70. The van der Waals surface area contributed by atoms with Gasteiger partial charge in [0.15, 0.2) is 0 Å². The maximum absolute atomic E-state index is 10.4. The van der Waals surface area contributed by atoms with E-state index in [1.807, 2.05) is 7.05 Å². The van der Waals surface area contributed by atoms with Crippen LogP contribution in [0.4, 0.5) is 0 Å². The Hall–Kier alpha value is -0.700. The van der Waals surface area contributed by atoms with Crippen LogP contribution in [0.3, 0.4) is 0 Å². The van der Waals surface area contributed by atoms with Crippen molar-refractivity contribution in [2.24, 2.45) is 5.92 Å². The standard InChI is InChI=1S/C7H13NO2.H2O4S/c1-8-4-2-6(3-5-8)7(9)10;1-5(2,3)4/h6H,2-5H2,1H3,(H,9,10);(H2,1,2,3,4). The van der Waals surface area contributed by atoms with Crippen molar-refractivity contribution in [1.82, 2.24) is 4.90 Å². The highest BCUT2D eigenvalue weighted by molar-refractivity contribution is 7.79. The largest absolute Gasteiger partial charge is 0.481 e. The molecule has 3 N–H and O–H groups in total. The second kappa shape index (κ2) is 6.01. The van der Waals surface area contributed by atoms with Gasteiger partial charge in [-0.05, 0) is 33.0 Å². The molecule has 15 heavy (non-hydrogen) atoms. The van der Waals surface area contributed by atoms with Crippen molar-refractivity contribution in [3.63, 3.8) is 0 Å². The van der Waals surface area contributed by atoms with Crippen molar-refractivity contribution < 1.29 is 27.4 Å². The van der Waals surface area contributed by atoms with Gasteiger partial charge in [0, 0.05) is 0 Å². The van der Waals surface area contributed by atoms with E-state index >= 15 is 0 Å². The lowest BCUT2D eigenvalue weighted by molar-refractivity contribution is -0.143. The van der Waals surface area contributed by atoms with Crippen molar-refractivity contribution in [2.75, 3.05) is 20.1 Å². The van der Waals surface area contributed by atoms with E-state index in [0.29, 0.717) is 0 Å². The lowest BCUT2D eigenvalue weighted by Crippen LogP contribution is -2.33. The van der Waals surface area contributed by atoms with Gasteiger partial charge >= 0.3 is 16.4 Å². The van der Waals surface area contributed by atoms with Crippen molar-refractivity contribution in [1.29, 1.82) is 0 Å². The Morgan fingerprint density at radius 2 is 1.60 bits per heavy atom. The molecule has 8 heteroatoms. The summed E-state index contributed by atoms with van der Waals surface area (Å²) in [6.07, 6.45) is 1.62. The monoisotopic (exact) mass is 241 g/mol. The van der Waals surface area contributed by atoms with Crippen LogP contribution in [0.25, 0.3) is 0 Å². The van der Waals surface area contributed by atoms with Crippen LogP contribution in [0, 0.1) is 5.92 Å². The zero-order valence-electron chi connectivity index (χ0n) is 8.33. The molecule has 1 saturated heterocycles. The van der Waals surface area contributed by atoms with Gasteiger partial charge in [0.1, 0.15) is 0 Å². The summed E-state index contributed by atoms with van der Waals surface area (Å²) in [5.74, 6) is -0.718. The van der Waals surface area contributed by atoms with Crippen LogP contribution in [-0.2, 0) is 15.2 Å². The number of aliphatic carboxylic acids is 1. The predicted molar refractivity (Wildman–Crippen MR) is 52.0 cm³/mol. The molecular weight excluding hydrogens is 226 g/mol. The minimum atomic E-state index is -4.67. The van der Waals surface area contributed by atoms with E-state index in [4.69, 9.17) is 22.6 Å². The number of nitrogens with zero attached hydrogens (tertiary/aromatic N) is 1. The van der Waals surface area contributed by atoms with Crippen LogP contribution in [0.5, 0.6) is 0 Å². The minimum Gasteiger partial charge on any atom is -0.481 e. The highest BCUT2D eigenvalue weighted by atomic mass is 32.3. The number of rotatable bonds is 1. The molecule has 1 aliphatic rings. The van der Waals surface area contributed by atoms with Gasteiger partial charge in [0.2, 0.25) is 0 Å². The van der Waals surface area contributed by atoms with Gasteiger partial charge in [-0.1, -0.05) is 0 Å². The van der Waals surface area contributed by atoms with Crippen LogP contribution in [0.15, 0.2) is 0 Å². The highest BCUT2D eigenvalue weighted by Gasteiger charge is 2.21. The Morgan fingerprint density at radius 3 is 1.87 bits per heavy atom. The molecule has 7 nitrogen and oxygen atoms in total. The summed E-state index contributed by atoms with van der Waals surface area (Å²) in [6, 6.07) is 0. The fourth-order valence-corrected chi connectivity index (χ4v) is 1.26. The van der Waals surface area contributed by atoms with Gasteiger partial charge in [-0.3, -0.25) is 13.9 Å². The van der Waals surface area contributed by atoms with Gasteiger partial charge in [-0.15, -0.1) is 0 Å². The topological polar surface area (TPSA) is 115 Å². The molecule has 1 fully saturated rings. The Labute approximate surface area is 88.3 Å². The smallest absolute Gasteiger partial charge is 0.394 e. The maximum atomic E-state index is 10.4. The third-order valence-electron chi connectivity index (χ3n) is 2.07. The molecule has 0 radical (unpaired) electrons. The normalized spacial score (nSPS) is 19.1. The third-order valence-corrected chi connectivity index (χ3v) is 2.07. The molecule has 90 valence electrons. The number of carbonyl (C=O) groups is 1. The summed E-state index contributed by atoms with van der Waals surface area (Å²) in [4.78, 5) is 12.6. The molecule has 0 aromatic rings. The van der Waals surface area contributed by atoms with E-state index in [2.05, 4.69) is 4.90 Å². The summed E-state index contributed by atoms with van der Waals surface area (Å²) in [7, 11) is -2.64. The lowest BCUT2D eigenvalue weighted by atomic mass is 9.98. The maximum Gasteiger partial charge on any atom is 0.394 e. The van der Waals surface area contributed by atoms with E-state index in [0.717, 1.165) is 25.9 Å². The Kier molecular flexibility index (Phi) is 5.73. The number of hydrogen-bond donors (Lipinski definition) is 3. The van der Waals surface area contributed by atoms with Crippen molar-refractivity contribution in [3.8, 4) is 0 Å². The molecule has 0 spiro atoms. The molecule has 0 amide bonds. The van der Waals surface area contributed by atoms with Gasteiger partial charge < -0.3 is 10.0 Å². The minimum absolute atomic E-state index is 0.0869. The second-order valence-electron chi connectivity index (χ2n) is 3.36. The van der Waals surface area contributed by atoms with E-state index in [-0.39, 0.29) is 5.92 Å². The van der Waals surface area contributed by atoms with Crippen LogP contribution in [0.2, 0.25) is 0 Å². The molecule has 0 unspecified atom stereocenters. The predicted octanol–water partition coefficient (Wildman–Crippen LogP) is -0.240. The van der Waals surface area contributed by atoms with E-state index < -0.39 is 16.4 Å².